The average molecular weight is 384 g/mol. The van der Waals surface area contributed by atoms with E-state index in [4.69, 9.17) is 19.2 Å². The minimum atomic E-state index is -0.111. The van der Waals surface area contributed by atoms with E-state index in [2.05, 4.69) is 0 Å². The molecule has 0 saturated carbocycles. The Morgan fingerprint density at radius 3 is 2.85 bits per heavy atom. The molecule has 2 heterocycles. The Morgan fingerprint density at radius 2 is 2.04 bits per heavy atom. The Balaban J connectivity index is 1.81. The summed E-state index contributed by atoms with van der Waals surface area (Å²) in [7, 11) is 1.60. The maximum atomic E-state index is 13.3. The van der Waals surface area contributed by atoms with Gasteiger partial charge in [0.1, 0.15) is 12.5 Å². The third-order valence-electron chi connectivity index (χ3n) is 4.44. The second-order valence-corrected chi connectivity index (χ2v) is 7.13. The molecule has 7 heteroatoms. The number of rotatable bonds is 5. The van der Waals surface area contributed by atoms with Gasteiger partial charge in [-0.1, -0.05) is 36.0 Å². The Labute approximate surface area is 161 Å². The van der Waals surface area contributed by atoms with Crippen LogP contribution in [0.4, 0.5) is 0 Å². The summed E-state index contributed by atoms with van der Waals surface area (Å²) in [4.78, 5) is 18.0. The number of aromatic nitrogens is 2. The standard InChI is InChI=1S/C20H20N2O4S/c1-24-18-9-5-4-8-17(18)22-19(23)15-6-2-3-7-16(15)21-20(22)27-12-14-10-11-25-13-26-14/h2-9,14H,10-13H2,1H3/t14-/m0/s1. The predicted octanol–water partition coefficient (Wildman–Crippen LogP) is 3.25. The van der Waals surface area contributed by atoms with Crippen LogP contribution in [-0.4, -0.2) is 41.9 Å². The van der Waals surface area contributed by atoms with Crippen LogP contribution >= 0.6 is 11.8 Å². The van der Waals surface area contributed by atoms with Gasteiger partial charge >= 0.3 is 0 Å². The number of hydrogen-bond acceptors (Lipinski definition) is 6. The van der Waals surface area contributed by atoms with E-state index >= 15 is 0 Å². The van der Waals surface area contributed by atoms with E-state index in [0.29, 0.717) is 46.6 Å². The highest BCUT2D eigenvalue weighted by Gasteiger charge is 2.19. The molecule has 0 aliphatic carbocycles. The van der Waals surface area contributed by atoms with Crippen LogP contribution in [0, 0.1) is 0 Å². The third-order valence-corrected chi connectivity index (χ3v) is 5.51. The highest BCUT2D eigenvalue weighted by molar-refractivity contribution is 7.99. The van der Waals surface area contributed by atoms with E-state index in [1.54, 1.807) is 17.7 Å². The zero-order valence-electron chi connectivity index (χ0n) is 15.0. The van der Waals surface area contributed by atoms with Crippen LogP contribution in [0.25, 0.3) is 16.6 Å². The van der Waals surface area contributed by atoms with Gasteiger partial charge in [-0.25, -0.2) is 4.98 Å². The minimum Gasteiger partial charge on any atom is -0.495 e. The maximum Gasteiger partial charge on any atom is 0.266 e. The molecule has 1 aliphatic rings. The molecule has 0 spiro atoms. The largest absolute Gasteiger partial charge is 0.495 e. The van der Waals surface area contributed by atoms with E-state index in [9.17, 15) is 4.79 Å². The van der Waals surface area contributed by atoms with Gasteiger partial charge in [-0.05, 0) is 30.7 Å². The zero-order chi connectivity index (χ0) is 18.6. The molecule has 1 saturated heterocycles. The fourth-order valence-electron chi connectivity index (χ4n) is 3.04. The first-order chi connectivity index (χ1) is 13.3. The van der Waals surface area contributed by atoms with Crippen LogP contribution in [-0.2, 0) is 9.47 Å². The van der Waals surface area contributed by atoms with E-state index in [-0.39, 0.29) is 11.7 Å². The minimum absolute atomic E-state index is 0.0817. The number of benzene rings is 2. The molecule has 6 nitrogen and oxygen atoms in total. The molecule has 27 heavy (non-hydrogen) atoms. The number of hydrogen-bond donors (Lipinski definition) is 0. The van der Waals surface area contributed by atoms with Gasteiger partial charge in [-0.15, -0.1) is 0 Å². The fourth-order valence-corrected chi connectivity index (χ4v) is 4.11. The Hall–Kier alpha value is -2.35. The second kappa shape index (κ2) is 8.12. The van der Waals surface area contributed by atoms with Crippen LogP contribution in [0.5, 0.6) is 5.75 Å². The molecular formula is C20H20N2O4S. The quantitative estimate of drug-likeness (QED) is 0.497. The molecule has 0 N–H and O–H groups in total. The van der Waals surface area contributed by atoms with Crippen molar-refractivity contribution in [1.82, 2.24) is 9.55 Å². The van der Waals surface area contributed by atoms with Crippen LogP contribution < -0.4 is 10.3 Å². The predicted molar refractivity (Wildman–Crippen MR) is 105 cm³/mol. The van der Waals surface area contributed by atoms with Gasteiger partial charge in [0.25, 0.3) is 5.56 Å². The lowest BCUT2D eigenvalue weighted by Crippen LogP contribution is -2.27. The molecule has 4 rings (SSSR count). The second-order valence-electron chi connectivity index (χ2n) is 6.14. The average Bonchev–Trinajstić information content (AvgIpc) is 2.73. The molecule has 1 aromatic heterocycles. The van der Waals surface area contributed by atoms with Gasteiger partial charge in [0.15, 0.2) is 5.16 Å². The van der Waals surface area contributed by atoms with E-state index in [1.165, 1.54) is 11.8 Å². The van der Waals surface area contributed by atoms with Gasteiger partial charge in [-0.2, -0.15) is 0 Å². The molecule has 3 aromatic rings. The van der Waals surface area contributed by atoms with Crippen molar-refractivity contribution in [3.8, 4) is 11.4 Å². The fraction of sp³-hybridized carbons (Fsp3) is 0.300. The Morgan fingerprint density at radius 1 is 1.22 bits per heavy atom. The first kappa shape index (κ1) is 18.0. The number of para-hydroxylation sites is 3. The molecule has 0 unspecified atom stereocenters. The van der Waals surface area contributed by atoms with Crippen molar-refractivity contribution in [1.29, 1.82) is 0 Å². The topological polar surface area (TPSA) is 62.6 Å². The molecule has 0 amide bonds. The zero-order valence-corrected chi connectivity index (χ0v) is 15.8. The van der Waals surface area contributed by atoms with Crippen LogP contribution in [0.15, 0.2) is 58.5 Å². The Kier molecular flexibility index (Phi) is 5.42. The monoisotopic (exact) mass is 384 g/mol. The van der Waals surface area contributed by atoms with Crippen LogP contribution in [0.1, 0.15) is 6.42 Å². The van der Waals surface area contributed by atoms with Crippen LogP contribution in [0.3, 0.4) is 0 Å². The smallest absolute Gasteiger partial charge is 0.266 e. The summed E-state index contributed by atoms with van der Waals surface area (Å²) in [6.07, 6.45) is 0.915. The molecule has 1 atom stereocenters. The van der Waals surface area contributed by atoms with Crippen molar-refractivity contribution in [2.24, 2.45) is 0 Å². The van der Waals surface area contributed by atoms with Gasteiger partial charge in [0.2, 0.25) is 0 Å². The number of methoxy groups -OCH3 is 1. The number of nitrogens with zero attached hydrogens (tertiary/aromatic N) is 2. The maximum absolute atomic E-state index is 13.3. The van der Waals surface area contributed by atoms with Gasteiger partial charge in [0.05, 0.1) is 36.4 Å². The summed E-state index contributed by atoms with van der Waals surface area (Å²) < 4.78 is 18.0. The highest BCUT2D eigenvalue weighted by Crippen LogP contribution is 2.28. The molecule has 2 aromatic carbocycles. The van der Waals surface area contributed by atoms with Crippen molar-refractivity contribution in [3.05, 3.63) is 58.9 Å². The number of ether oxygens (including phenoxy) is 3. The highest BCUT2D eigenvalue weighted by atomic mass is 32.2. The summed E-state index contributed by atoms with van der Waals surface area (Å²) in [6, 6.07) is 14.9. The summed E-state index contributed by atoms with van der Waals surface area (Å²) in [6.45, 7) is 1.01. The van der Waals surface area contributed by atoms with Crippen molar-refractivity contribution in [2.75, 3.05) is 26.3 Å². The molecular weight excluding hydrogens is 364 g/mol. The van der Waals surface area contributed by atoms with Crippen molar-refractivity contribution in [2.45, 2.75) is 17.7 Å². The molecule has 0 bridgehead atoms. The number of fused-ring (bicyclic) bond motifs is 1. The van der Waals surface area contributed by atoms with Crippen molar-refractivity contribution >= 4 is 22.7 Å². The van der Waals surface area contributed by atoms with Crippen LogP contribution in [0.2, 0.25) is 0 Å². The summed E-state index contributed by atoms with van der Waals surface area (Å²) >= 11 is 1.51. The van der Waals surface area contributed by atoms with Gasteiger partial charge in [-0.3, -0.25) is 9.36 Å². The summed E-state index contributed by atoms with van der Waals surface area (Å²) in [5.74, 6) is 1.32. The van der Waals surface area contributed by atoms with Crippen molar-refractivity contribution in [3.63, 3.8) is 0 Å². The molecule has 140 valence electrons. The van der Waals surface area contributed by atoms with E-state index in [1.807, 2.05) is 42.5 Å². The molecule has 0 radical (unpaired) electrons. The normalized spacial score (nSPS) is 17.1. The molecule has 1 fully saturated rings. The summed E-state index contributed by atoms with van der Waals surface area (Å²) in [5.41, 5.74) is 1.25. The number of thioether (sulfide) groups is 1. The van der Waals surface area contributed by atoms with E-state index in [0.717, 1.165) is 6.42 Å². The van der Waals surface area contributed by atoms with Gasteiger partial charge in [0, 0.05) is 5.75 Å². The third kappa shape index (κ3) is 3.71. The van der Waals surface area contributed by atoms with E-state index < -0.39 is 0 Å². The lowest BCUT2D eigenvalue weighted by Gasteiger charge is -2.23. The van der Waals surface area contributed by atoms with Crippen molar-refractivity contribution < 1.29 is 14.2 Å². The van der Waals surface area contributed by atoms with Gasteiger partial charge < -0.3 is 14.2 Å². The first-order valence-electron chi connectivity index (χ1n) is 8.75. The molecule has 1 aliphatic heterocycles. The first-order valence-corrected chi connectivity index (χ1v) is 9.74. The SMILES string of the molecule is COc1ccccc1-n1c(SC[C@@H]2CCOCO2)nc2ccccc2c1=O. The Bertz CT molecular complexity index is 999. The lowest BCUT2D eigenvalue weighted by atomic mass is 10.2. The lowest BCUT2D eigenvalue weighted by molar-refractivity contribution is -0.130. The summed E-state index contributed by atoms with van der Waals surface area (Å²) in [5, 5.41) is 1.20.